The number of methoxy groups -OCH3 is 1. The Morgan fingerprint density at radius 3 is 2.83 bits per heavy atom. The van der Waals surface area contributed by atoms with Gasteiger partial charge in [0.25, 0.3) is 0 Å². The van der Waals surface area contributed by atoms with E-state index in [1.54, 1.807) is 13.4 Å². The maximum atomic E-state index is 12.7. The van der Waals surface area contributed by atoms with Crippen LogP contribution >= 0.6 is 0 Å². The van der Waals surface area contributed by atoms with Crippen molar-refractivity contribution >= 4 is 17.5 Å². The lowest BCUT2D eigenvalue weighted by Crippen LogP contribution is -2.41. The van der Waals surface area contributed by atoms with Gasteiger partial charge in [-0.3, -0.25) is 4.79 Å². The number of hydrogen-bond acceptors (Lipinski definition) is 6. The van der Waals surface area contributed by atoms with E-state index in [-0.39, 0.29) is 5.91 Å². The molecule has 0 atom stereocenters. The Balaban J connectivity index is 1.83. The number of likely N-dealkylation sites (N-methyl/N-ethyl adjacent to an activating group) is 1. The van der Waals surface area contributed by atoms with E-state index in [0.717, 1.165) is 43.0 Å². The molecule has 1 N–H and O–H groups in total. The zero-order chi connectivity index (χ0) is 16.9. The molecular weight excluding hydrogens is 306 g/mol. The molecule has 132 valence electrons. The molecule has 1 saturated carbocycles. The van der Waals surface area contributed by atoms with Crippen LogP contribution in [-0.2, 0) is 16.1 Å². The zero-order valence-electron chi connectivity index (χ0n) is 14.6. The summed E-state index contributed by atoms with van der Waals surface area (Å²) in [6, 6.07) is 0.360. The largest absolute Gasteiger partial charge is 0.385 e. The number of nitrogens with zero attached hydrogens (tertiary/aromatic N) is 4. The molecule has 0 spiro atoms. The van der Waals surface area contributed by atoms with Crippen molar-refractivity contribution in [3.05, 3.63) is 11.9 Å². The molecule has 0 saturated heterocycles. The summed E-state index contributed by atoms with van der Waals surface area (Å²) in [7, 11) is 3.63. The molecule has 1 aliphatic heterocycles. The Hall–Kier alpha value is -1.89. The molecule has 2 heterocycles. The molecule has 7 nitrogen and oxygen atoms in total. The highest BCUT2D eigenvalue weighted by molar-refractivity contribution is 5.83. The summed E-state index contributed by atoms with van der Waals surface area (Å²) in [6.07, 6.45) is 7.12. The molecular formula is C17H27N5O2. The van der Waals surface area contributed by atoms with Crippen molar-refractivity contribution in [3.63, 3.8) is 0 Å². The van der Waals surface area contributed by atoms with Gasteiger partial charge in [0.15, 0.2) is 0 Å². The molecule has 1 aromatic rings. The number of amides is 1. The third-order valence-electron chi connectivity index (χ3n) is 4.89. The molecule has 0 unspecified atom stereocenters. The van der Waals surface area contributed by atoms with E-state index in [1.165, 1.54) is 12.8 Å². The van der Waals surface area contributed by atoms with Crippen molar-refractivity contribution in [2.75, 3.05) is 44.1 Å². The Morgan fingerprint density at radius 1 is 1.29 bits per heavy atom. The van der Waals surface area contributed by atoms with Crippen molar-refractivity contribution < 1.29 is 9.53 Å². The van der Waals surface area contributed by atoms with Gasteiger partial charge in [0.1, 0.15) is 18.0 Å². The molecule has 3 rings (SSSR count). The van der Waals surface area contributed by atoms with Crippen molar-refractivity contribution in [2.24, 2.45) is 0 Å². The predicted octanol–water partition coefficient (Wildman–Crippen LogP) is 1.65. The maximum Gasteiger partial charge on any atom is 0.242 e. The number of hydrogen-bond donors (Lipinski definition) is 1. The summed E-state index contributed by atoms with van der Waals surface area (Å²) in [6.45, 7) is 2.48. The Labute approximate surface area is 143 Å². The zero-order valence-corrected chi connectivity index (χ0v) is 14.6. The lowest BCUT2D eigenvalue weighted by molar-refractivity contribution is -0.132. The lowest BCUT2D eigenvalue weighted by Gasteiger charge is -2.28. The summed E-state index contributed by atoms with van der Waals surface area (Å²) in [5, 5.41) is 3.39. The monoisotopic (exact) mass is 333 g/mol. The van der Waals surface area contributed by atoms with Gasteiger partial charge in [0.2, 0.25) is 5.91 Å². The summed E-state index contributed by atoms with van der Waals surface area (Å²) in [5.74, 6) is 1.88. The van der Waals surface area contributed by atoms with Crippen molar-refractivity contribution in [1.29, 1.82) is 0 Å². The van der Waals surface area contributed by atoms with E-state index in [2.05, 4.69) is 15.3 Å². The number of anilines is 2. The molecule has 2 aliphatic rings. The first kappa shape index (κ1) is 17.0. The lowest BCUT2D eigenvalue weighted by atomic mass is 10.1. The highest BCUT2D eigenvalue weighted by Crippen LogP contribution is 2.32. The van der Waals surface area contributed by atoms with E-state index >= 15 is 0 Å². The second-order valence-electron chi connectivity index (χ2n) is 6.61. The van der Waals surface area contributed by atoms with Crippen LogP contribution in [0.3, 0.4) is 0 Å². The minimum absolute atomic E-state index is 0.188. The van der Waals surface area contributed by atoms with Gasteiger partial charge >= 0.3 is 0 Å². The average molecular weight is 333 g/mol. The maximum absolute atomic E-state index is 12.7. The number of carbonyl (C=O) groups is 1. The summed E-state index contributed by atoms with van der Waals surface area (Å²) < 4.78 is 5.09. The van der Waals surface area contributed by atoms with Gasteiger partial charge in [-0.15, -0.1) is 0 Å². The Morgan fingerprint density at radius 2 is 2.08 bits per heavy atom. The van der Waals surface area contributed by atoms with Crippen LogP contribution in [0.5, 0.6) is 0 Å². The smallest absolute Gasteiger partial charge is 0.242 e. The van der Waals surface area contributed by atoms with Crippen molar-refractivity contribution in [1.82, 2.24) is 14.9 Å². The normalized spacial score (nSPS) is 18.7. The predicted molar refractivity (Wildman–Crippen MR) is 93.1 cm³/mol. The number of ether oxygens (including phenoxy) is 1. The Kier molecular flexibility index (Phi) is 5.50. The SMILES string of the molecule is COCCCNc1ncnc2c1CN(C1CCCC1)C(=O)CN2C. The fourth-order valence-electron chi connectivity index (χ4n) is 3.63. The number of nitrogens with one attached hydrogen (secondary N) is 1. The summed E-state index contributed by atoms with van der Waals surface area (Å²) >= 11 is 0. The number of carbonyl (C=O) groups excluding carboxylic acids is 1. The van der Waals surface area contributed by atoms with Crippen LogP contribution in [-0.4, -0.2) is 60.7 Å². The molecule has 1 amide bonds. The third-order valence-corrected chi connectivity index (χ3v) is 4.89. The third kappa shape index (κ3) is 3.61. The van der Waals surface area contributed by atoms with Crippen molar-refractivity contribution in [3.8, 4) is 0 Å². The van der Waals surface area contributed by atoms with Gasteiger partial charge in [0, 0.05) is 33.4 Å². The standard InChI is InChI=1S/C17H27N5O2/c1-21-11-15(23)22(13-6-3-4-7-13)10-14-16(18-8-5-9-24-2)19-12-20-17(14)21/h12-13H,3-11H2,1-2H3,(H,18,19,20). The fourth-order valence-corrected chi connectivity index (χ4v) is 3.63. The summed E-state index contributed by atoms with van der Waals surface area (Å²) in [5.41, 5.74) is 1.02. The fraction of sp³-hybridized carbons (Fsp3) is 0.706. The molecule has 1 fully saturated rings. The molecule has 7 heteroatoms. The van der Waals surface area contributed by atoms with Crippen LogP contribution in [0.25, 0.3) is 0 Å². The van der Waals surface area contributed by atoms with Crippen molar-refractivity contribution in [2.45, 2.75) is 44.7 Å². The number of rotatable bonds is 6. The van der Waals surface area contributed by atoms with Crippen LogP contribution in [0.4, 0.5) is 11.6 Å². The van der Waals surface area contributed by atoms with Gasteiger partial charge in [-0.2, -0.15) is 0 Å². The van der Waals surface area contributed by atoms with E-state index in [4.69, 9.17) is 4.74 Å². The summed E-state index contributed by atoms with van der Waals surface area (Å²) in [4.78, 5) is 25.5. The highest BCUT2D eigenvalue weighted by Gasteiger charge is 2.32. The van der Waals surface area contributed by atoms with E-state index in [9.17, 15) is 4.79 Å². The molecule has 1 aromatic heterocycles. The molecule has 1 aliphatic carbocycles. The highest BCUT2D eigenvalue weighted by atomic mass is 16.5. The van der Waals surface area contributed by atoms with Gasteiger partial charge < -0.3 is 19.9 Å². The molecule has 0 bridgehead atoms. The number of aromatic nitrogens is 2. The first-order valence-corrected chi connectivity index (χ1v) is 8.78. The molecule has 24 heavy (non-hydrogen) atoms. The van der Waals surface area contributed by atoms with Crippen LogP contribution in [0, 0.1) is 0 Å². The first-order chi connectivity index (χ1) is 11.7. The van der Waals surface area contributed by atoms with Crippen LogP contribution in [0.1, 0.15) is 37.7 Å². The minimum Gasteiger partial charge on any atom is -0.385 e. The van der Waals surface area contributed by atoms with Gasteiger partial charge in [-0.1, -0.05) is 12.8 Å². The van der Waals surface area contributed by atoms with Crippen LogP contribution < -0.4 is 10.2 Å². The van der Waals surface area contributed by atoms with Gasteiger partial charge in [0.05, 0.1) is 18.7 Å². The second-order valence-corrected chi connectivity index (χ2v) is 6.61. The van der Waals surface area contributed by atoms with E-state index in [0.29, 0.717) is 25.7 Å². The second kappa shape index (κ2) is 7.79. The quantitative estimate of drug-likeness (QED) is 0.798. The Bertz CT molecular complexity index is 574. The topological polar surface area (TPSA) is 70.6 Å². The molecule has 0 aromatic carbocycles. The molecule has 0 radical (unpaired) electrons. The first-order valence-electron chi connectivity index (χ1n) is 8.78. The average Bonchev–Trinajstić information content (AvgIpc) is 3.07. The van der Waals surface area contributed by atoms with Gasteiger partial charge in [-0.05, 0) is 19.3 Å². The van der Waals surface area contributed by atoms with Crippen LogP contribution in [0.15, 0.2) is 6.33 Å². The minimum atomic E-state index is 0.188. The van der Waals surface area contributed by atoms with E-state index < -0.39 is 0 Å². The van der Waals surface area contributed by atoms with E-state index in [1.807, 2.05) is 16.8 Å². The van der Waals surface area contributed by atoms with Gasteiger partial charge in [-0.25, -0.2) is 9.97 Å². The van der Waals surface area contributed by atoms with Crippen LogP contribution in [0.2, 0.25) is 0 Å². The number of fused-ring (bicyclic) bond motifs is 1.